The summed E-state index contributed by atoms with van der Waals surface area (Å²) in [5.74, 6) is 1.05. The van der Waals surface area contributed by atoms with Crippen LogP contribution in [0.4, 0.5) is 0 Å². The van der Waals surface area contributed by atoms with Crippen LogP contribution in [0.25, 0.3) is 10.9 Å². The molecule has 38 heavy (non-hydrogen) atoms. The number of benzene rings is 2. The van der Waals surface area contributed by atoms with Crippen LogP contribution in [-0.4, -0.2) is 15.5 Å². The highest BCUT2D eigenvalue weighted by atomic mass is 16.5. The summed E-state index contributed by atoms with van der Waals surface area (Å²) in [6.45, 7) is 7.16. The summed E-state index contributed by atoms with van der Waals surface area (Å²) in [7, 11) is 2.00. The molecule has 0 saturated heterocycles. The normalized spacial score (nSPS) is 13.7. The topological polar surface area (TPSA) is 108 Å². The molecule has 0 bridgehead atoms. The lowest BCUT2D eigenvalue weighted by Crippen LogP contribution is -2.30. The number of aryl methyl sites for hydroxylation is 1. The zero-order chi connectivity index (χ0) is 27.3. The van der Waals surface area contributed by atoms with Crippen molar-refractivity contribution in [2.45, 2.75) is 32.8 Å². The number of aromatic nitrogens is 2. The molecule has 2 aromatic heterocycles. The summed E-state index contributed by atoms with van der Waals surface area (Å²) >= 11 is 0. The second kappa shape index (κ2) is 11.3. The molecule has 1 unspecified atom stereocenters. The quantitative estimate of drug-likeness (QED) is 0.272. The minimum atomic E-state index is -0.276. The number of nitrogens with two attached hydrogens (primary N) is 2. The van der Waals surface area contributed by atoms with Crippen LogP contribution in [-0.2, 0) is 19.1 Å². The van der Waals surface area contributed by atoms with Crippen molar-refractivity contribution in [3.8, 4) is 5.75 Å². The number of nitrogens with one attached hydrogen (secondary N) is 1. The van der Waals surface area contributed by atoms with Gasteiger partial charge in [-0.25, -0.2) is 0 Å². The average Bonchev–Trinajstić information content (AvgIpc) is 3.27. The van der Waals surface area contributed by atoms with Gasteiger partial charge in [0.15, 0.2) is 0 Å². The maximum absolute atomic E-state index is 12.8. The van der Waals surface area contributed by atoms with Crippen molar-refractivity contribution < 1.29 is 9.53 Å². The minimum absolute atomic E-state index is 0.226. The number of rotatable bonds is 9. The molecule has 1 amide bonds. The van der Waals surface area contributed by atoms with Crippen LogP contribution >= 0.6 is 0 Å². The molecule has 2 heterocycles. The van der Waals surface area contributed by atoms with Gasteiger partial charge < -0.3 is 26.1 Å². The van der Waals surface area contributed by atoms with E-state index in [1.807, 2.05) is 55.6 Å². The van der Waals surface area contributed by atoms with Crippen LogP contribution < -0.4 is 21.5 Å². The van der Waals surface area contributed by atoms with E-state index in [1.54, 1.807) is 18.3 Å². The van der Waals surface area contributed by atoms with Crippen molar-refractivity contribution in [1.82, 2.24) is 14.9 Å². The summed E-state index contributed by atoms with van der Waals surface area (Å²) in [5.41, 5.74) is 15.7. The van der Waals surface area contributed by atoms with Crippen molar-refractivity contribution in [3.63, 3.8) is 0 Å². The fraction of sp³-hybridized carbons (Fsp3) is 0.226. The largest absolute Gasteiger partial charge is 0.487 e. The van der Waals surface area contributed by atoms with Crippen molar-refractivity contribution in [3.05, 3.63) is 120 Å². The van der Waals surface area contributed by atoms with Crippen LogP contribution in [0.5, 0.6) is 5.75 Å². The SMILES string of the molecule is CC(C)C(C)(c1ccc(OCc2ccccn2)cc1)c1cn(C)c2cc(C(=O)N/C(N)=C/C=C\N)ccc12. The third-order valence-corrected chi connectivity index (χ3v) is 7.18. The Hall–Kier alpha value is -4.52. The fourth-order valence-corrected chi connectivity index (χ4v) is 4.68. The van der Waals surface area contributed by atoms with Crippen LogP contribution in [0.3, 0.4) is 0 Å². The Morgan fingerprint density at radius 3 is 2.58 bits per heavy atom. The molecule has 0 aliphatic heterocycles. The van der Waals surface area contributed by atoms with Crippen LogP contribution in [0.2, 0.25) is 0 Å². The predicted octanol–water partition coefficient (Wildman–Crippen LogP) is 5.12. The zero-order valence-corrected chi connectivity index (χ0v) is 22.3. The van der Waals surface area contributed by atoms with E-state index in [-0.39, 0.29) is 17.1 Å². The van der Waals surface area contributed by atoms with Gasteiger partial charge >= 0.3 is 0 Å². The van der Waals surface area contributed by atoms with Gasteiger partial charge in [-0.05, 0) is 71.8 Å². The van der Waals surface area contributed by atoms with Gasteiger partial charge in [-0.3, -0.25) is 9.78 Å². The first-order valence-corrected chi connectivity index (χ1v) is 12.6. The molecular formula is C31H35N5O2. The van der Waals surface area contributed by atoms with E-state index in [0.29, 0.717) is 18.1 Å². The molecule has 4 rings (SSSR count). The van der Waals surface area contributed by atoms with Gasteiger partial charge in [0.05, 0.1) is 5.69 Å². The molecule has 1 atom stereocenters. The van der Waals surface area contributed by atoms with E-state index in [1.165, 1.54) is 17.3 Å². The number of hydrogen-bond acceptors (Lipinski definition) is 5. The molecule has 7 heteroatoms. The molecule has 0 radical (unpaired) electrons. The molecule has 7 nitrogen and oxygen atoms in total. The number of pyridine rings is 1. The fourth-order valence-electron chi connectivity index (χ4n) is 4.68. The summed E-state index contributed by atoms with van der Waals surface area (Å²) in [6.07, 6.45) is 8.39. The Morgan fingerprint density at radius 2 is 1.92 bits per heavy atom. The average molecular weight is 510 g/mol. The van der Waals surface area contributed by atoms with Crippen molar-refractivity contribution in [1.29, 1.82) is 0 Å². The monoisotopic (exact) mass is 509 g/mol. The van der Waals surface area contributed by atoms with Crippen molar-refractivity contribution in [2.24, 2.45) is 24.4 Å². The molecule has 0 fully saturated rings. The summed E-state index contributed by atoms with van der Waals surface area (Å²) < 4.78 is 8.03. The van der Waals surface area contributed by atoms with E-state index in [2.05, 4.69) is 54.0 Å². The number of hydrogen-bond donors (Lipinski definition) is 3. The van der Waals surface area contributed by atoms with Gasteiger partial charge in [0.1, 0.15) is 18.2 Å². The van der Waals surface area contributed by atoms with Crippen LogP contribution in [0.1, 0.15) is 48.0 Å². The molecule has 2 aromatic carbocycles. The predicted molar refractivity (Wildman–Crippen MR) is 152 cm³/mol. The highest BCUT2D eigenvalue weighted by Gasteiger charge is 2.35. The lowest BCUT2D eigenvalue weighted by Gasteiger charge is -2.35. The Bertz CT molecular complexity index is 1470. The van der Waals surface area contributed by atoms with E-state index in [0.717, 1.165) is 22.3 Å². The molecule has 0 spiro atoms. The van der Waals surface area contributed by atoms with Gasteiger partial charge in [0.2, 0.25) is 0 Å². The maximum atomic E-state index is 12.8. The lowest BCUT2D eigenvalue weighted by molar-refractivity contribution is 0.0965. The van der Waals surface area contributed by atoms with Gasteiger partial charge in [0.25, 0.3) is 5.91 Å². The first-order valence-electron chi connectivity index (χ1n) is 12.6. The van der Waals surface area contributed by atoms with E-state index in [9.17, 15) is 4.79 Å². The van der Waals surface area contributed by atoms with Crippen molar-refractivity contribution >= 4 is 16.8 Å². The second-order valence-electron chi connectivity index (χ2n) is 9.84. The first kappa shape index (κ1) is 26.5. The Labute approximate surface area is 223 Å². The van der Waals surface area contributed by atoms with Gasteiger partial charge in [-0.15, -0.1) is 0 Å². The zero-order valence-electron chi connectivity index (χ0n) is 22.3. The van der Waals surface area contributed by atoms with Crippen LogP contribution in [0.15, 0.2) is 97.2 Å². The number of ether oxygens (including phenoxy) is 1. The number of allylic oxidation sites excluding steroid dienone is 2. The van der Waals surface area contributed by atoms with Gasteiger partial charge in [-0.1, -0.05) is 45.0 Å². The lowest BCUT2D eigenvalue weighted by atomic mass is 9.68. The number of fused-ring (bicyclic) bond motifs is 1. The third-order valence-electron chi connectivity index (χ3n) is 7.18. The standard InChI is InChI=1S/C31H35N5O2/c1-21(2)31(3,23-11-13-25(14-12-23)38-20-24-8-5-6-17-34-24)27-19-36(4)28-18-22(10-15-26(27)28)30(37)35-29(33)9-7-16-32/h5-19,21H,20,32-33H2,1-4H3,(H,35,37)/b16-7-,29-9+. The van der Waals surface area contributed by atoms with Gasteiger partial charge in [0, 0.05) is 41.3 Å². The molecular weight excluding hydrogens is 474 g/mol. The summed E-state index contributed by atoms with van der Waals surface area (Å²) in [4.78, 5) is 17.1. The molecule has 5 N–H and O–H groups in total. The van der Waals surface area contributed by atoms with Gasteiger partial charge in [-0.2, -0.15) is 0 Å². The van der Waals surface area contributed by atoms with Crippen LogP contribution in [0, 0.1) is 5.92 Å². The summed E-state index contributed by atoms with van der Waals surface area (Å²) in [6, 6.07) is 19.9. The number of carbonyl (C=O) groups excluding carboxylic acids is 1. The van der Waals surface area contributed by atoms with E-state index >= 15 is 0 Å². The first-order chi connectivity index (χ1) is 18.2. The Balaban J connectivity index is 1.63. The highest BCUT2D eigenvalue weighted by molar-refractivity contribution is 5.99. The van der Waals surface area contributed by atoms with Crippen molar-refractivity contribution in [2.75, 3.05) is 0 Å². The molecule has 0 aliphatic carbocycles. The highest BCUT2D eigenvalue weighted by Crippen LogP contribution is 2.43. The minimum Gasteiger partial charge on any atom is -0.487 e. The van der Waals surface area contributed by atoms with E-state index < -0.39 is 0 Å². The maximum Gasteiger partial charge on any atom is 0.256 e. The number of nitrogens with zero attached hydrogens (tertiary/aromatic N) is 2. The molecule has 0 aliphatic rings. The van der Waals surface area contributed by atoms with E-state index in [4.69, 9.17) is 16.2 Å². The Morgan fingerprint density at radius 1 is 1.16 bits per heavy atom. The smallest absolute Gasteiger partial charge is 0.256 e. The number of carbonyl (C=O) groups is 1. The molecule has 4 aromatic rings. The Kier molecular flexibility index (Phi) is 7.86. The second-order valence-corrected chi connectivity index (χ2v) is 9.84. The third kappa shape index (κ3) is 5.42. The summed E-state index contributed by atoms with van der Waals surface area (Å²) in [5, 5.41) is 3.79. The molecule has 196 valence electrons. The number of amides is 1. The molecule has 0 saturated carbocycles.